The molecule has 0 radical (unpaired) electrons. The summed E-state index contributed by atoms with van der Waals surface area (Å²) in [5.41, 5.74) is 0. The molecule has 0 aromatic heterocycles. The monoisotopic (exact) mass is 203 g/mol. The van der Waals surface area contributed by atoms with Crippen molar-refractivity contribution in [3.05, 3.63) is 11.6 Å². The van der Waals surface area contributed by atoms with Crippen molar-refractivity contribution in [2.45, 2.75) is 37.8 Å². The van der Waals surface area contributed by atoms with Crippen molar-refractivity contribution in [3.63, 3.8) is 0 Å². The van der Waals surface area contributed by atoms with Gasteiger partial charge in [-0.25, -0.2) is 0 Å². The molecule has 76 valence electrons. The van der Waals surface area contributed by atoms with Crippen LogP contribution in [0.25, 0.3) is 0 Å². The van der Waals surface area contributed by atoms with Gasteiger partial charge in [0.1, 0.15) is 0 Å². The minimum absolute atomic E-state index is 0.352. The molecule has 2 unspecified atom stereocenters. The van der Waals surface area contributed by atoms with Crippen molar-refractivity contribution >= 4 is 11.6 Å². The third-order valence-corrected chi connectivity index (χ3v) is 2.70. The molecule has 0 bridgehead atoms. The molecule has 0 aromatic rings. The molecule has 0 amide bonds. The van der Waals surface area contributed by atoms with E-state index in [0.717, 1.165) is 6.42 Å². The van der Waals surface area contributed by atoms with Crippen LogP contribution in [0.5, 0.6) is 0 Å². The Labute approximate surface area is 85.3 Å². The van der Waals surface area contributed by atoms with Gasteiger partial charge in [0.25, 0.3) is 0 Å². The van der Waals surface area contributed by atoms with Crippen LogP contribution < -0.4 is 5.32 Å². The van der Waals surface area contributed by atoms with Gasteiger partial charge < -0.3 is 10.1 Å². The van der Waals surface area contributed by atoms with E-state index in [1.54, 1.807) is 7.11 Å². The van der Waals surface area contributed by atoms with Crippen LogP contribution in [0.15, 0.2) is 11.6 Å². The quantitative estimate of drug-likeness (QED) is 0.757. The molecular weight excluding hydrogens is 186 g/mol. The Hall–Kier alpha value is -0.0500. The molecule has 0 aliphatic heterocycles. The number of methoxy groups -OCH3 is 1. The highest BCUT2D eigenvalue weighted by Gasteiger charge is 2.23. The first kappa shape index (κ1) is 11.0. The van der Waals surface area contributed by atoms with Gasteiger partial charge in [0.15, 0.2) is 0 Å². The first-order chi connectivity index (χ1) is 6.24. The minimum Gasteiger partial charge on any atom is -0.380 e. The second-order valence-electron chi connectivity index (χ2n) is 3.56. The molecule has 1 rings (SSSR count). The van der Waals surface area contributed by atoms with Gasteiger partial charge in [-0.2, -0.15) is 0 Å². The van der Waals surface area contributed by atoms with E-state index in [0.29, 0.717) is 23.7 Å². The van der Waals surface area contributed by atoms with Crippen LogP contribution >= 0.6 is 11.6 Å². The van der Waals surface area contributed by atoms with Crippen molar-refractivity contribution in [2.24, 2.45) is 0 Å². The van der Waals surface area contributed by atoms with E-state index in [4.69, 9.17) is 16.3 Å². The summed E-state index contributed by atoms with van der Waals surface area (Å²) in [5.74, 6) is 0. The maximum atomic E-state index is 5.69. The summed E-state index contributed by atoms with van der Waals surface area (Å²) in [7, 11) is 1.78. The summed E-state index contributed by atoms with van der Waals surface area (Å²) >= 11 is 5.69. The Morgan fingerprint density at radius 2 is 2.23 bits per heavy atom. The third kappa shape index (κ3) is 3.67. The van der Waals surface area contributed by atoms with E-state index in [9.17, 15) is 0 Å². The van der Waals surface area contributed by atoms with Crippen LogP contribution in [0.4, 0.5) is 0 Å². The van der Waals surface area contributed by atoms with Gasteiger partial charge in [0.2, 0.25) is 0 Å². The largest absolute Gasteiger partial charge is 0.380 e. The van der Waals surface area contributed by atoms with Gasteiger partial charge in [0, 0.05) is 24.7 Å². The lowest BCUT2D eigenvalue weighted by atomic mass is 9.92. The van der Waals surface area contributed by atoms with E-state index >= 15 is 0 Å². The van der Waals surface area contributed by atoms with Gasteiger partial charge in [-0.3, -0.25) is 0 Å². The lowest BCUT2D eigenvalue weighted by Gasteiger charge is -2.31. The summed E-state index contributed by atoms with van der Waals surface area (Å²) < 4.78 is 5.40. The van der Waals surface area contributed by atoms with Crippen molar-refractivity contribution in [1.82, 2.24) is 5.32 Å². The van der Waals surface area contributed by atoms with Crippen molar-refractivity contribution in [1.29, 1.82) is 0 Å². The number of rotatable bonds is 4. The summed E-state index contributed by atoms with van der Waals surface area (Å²) in [6.45, 7) is 4.34. The molecular formula is C10H18ClNO. The highest BCUT2D eigenvalue weighted by molar-refractivity contribution is 6.29. The van der Waals surface area contributed by atoms with Crippen LogP contribution in [-0.2, 0) is 4.74 Å². The molecule has 0 saturated heterocycles. The average Bonchev–Trinajstić information content (AvgIpc) is 2.15. The topological polar surface area (TPSA) is 21.3 Å². The highest BCUT2D eigenvalue weighted by atomic mass is 35.5. The van der Waals surface area contributed by atoms with Crippen molar-refractivity contribution in [2.75, 3.05) is 13.7 Å². The normalized spacial score (nSPS) is 28.8. The fourth-order valence-corrected chi connectivity index (χ4v) is 1.93. The fourth-order valence-electron chi connectivity index (χ4n) is 1.85. The molecule has 2 nitrogen and oxygen atoms in total. The zero-order valence-electron chi connectivity index (χ0n) is 8.18. The summed E-state index contributed by atoms with van der Waals surface area (Å²) in [6, 6.07) is 0.453. The number of hydrogen-bond donors (Lipinski definition) is 1. The molecule has 0 heterocycles. The highest BCUT2D eigenvalue weighted by Crippen LogP contribution is 2.20. The van der Waals surface area contributed by atoms with Crippen LogP contribution in [0, 0.1) is 0 Å². The SMILES string of the molecule is C=C(Cl)CNC1CCCCC1OC. The lowest BCUT2D eigenvalue weighted by Crippen LogP contribution is -2.43. The van der Waals surface area contributed by atoms with Crippen LogP contribution in [0.1, 0.15) is 25.7 Å². The predicted octanol–water partition coefficient (Wildman–Crippen LogP) is 2.29. The van der Waals surface area contributed by atoms with Gasteiger partial charge in [-0.1, -0.05) is 31.0 Å². The molecule has 2 atom stereocenters. The number of halogens is 1. The standard InChI is InChI=1S/C10H18ClNO/c1-8(11)7-12-9-5-3-4-6-10(9)13-2/h9-10,12H,1,3-7H2,2H3. The summed E-state index contributed by atoms with van der Waals surface area (Å²) in [6.07, 6.45) is 5.25. The number of nitrogens with one attached hydrogen (secondary N) is 1. The van der Waals surface area contributed by atoms with Gasteiger partial charge in [-0.05, 0) is 12.8 Å². The Morgan fingerprint density at radius 3 is 2.85 bits per heavy atom. The van der Waals surface area contributed by atoms with Crippen molar-refractivity contribution < 1.29 is 4.74 Å². The molecule has 0 aromatic carbocycles. The first-order valence-electron chi connectivity index (χ1n) is 4.83. The molecule has 3 heteroatoms. The molecule has 1 saturated carbocycles. The summed E-state index contributed by atoms with van der Waals surface area (Å²) in [5, 5.41) is 4.03. The van der Waals surface area contributed by atoms with Gasteiger partial charge >= 0.3 is 0 Å². The molecule has 1 aliphatic carbocycles. The number of hydrogen-bond acceptors (Lipinski definition) is 2. The Bertz CT molecular complexity index is 172. The van der Waals surface area contributed by atoms with Crippen LogP contribution in [0.3, 0.4) is 0 Å². The Morgan fingerprint density at radius 1 is 1.54 bits per heavy atom. The average molecular weight is 204 g/mol. The fraction of sp³-hybridized carbons (Fsp3) is 0.800. The minimum atomic E-state index is 0.352. The smallest absolute Gasteiger partial charge is 0.0724 e. The molecule has 1 N–H and O–H groups in total. The van der Waals surface area contributed by atoms with Crippen LogP contribution in [0.2, 0.25) is 0 Å². The molecule has 1 aliphatic rings. The van der Waals surface area contributed by atoms with Gasteiger partial charge in [0.05, 0.1) is 6.10 Å². The van der Waals surface area contributed by atoms with E-state index < -0.39 is 0 Å². The molecule has 13 heavy (non-hydrogen) atoms. The van der Waals surface area contributed by atoms with Crippen LogP contribution in [-0.4, -0.2) is 25.8 Å². The second kappa shape index (κ2) is 5.63. The molecule has 0 spiro atoms. The lowest BCUT2D eigenvalue weighted by molar-refractivity contribution is 0.0430. The van der Waals surface area contributed by atoms with Gasteiger partial charge in [-0.15, -0.1) is 0 Å². The Kier molecular flexibility index (Phi) is 4.78. The van der Waals surface area contributed by atoms with E-state index in [1.807, 2.05) is 0 Å². The second-order valence-corrected chi connectivity index (χ2v) is 4.10. The number of ether oxygens (including phenoxy) is 1. The van der Waals surface area contributed by atoms with E-state index in [2.05, 4.69) is 11.9 Å². The maximum Gasteiger partial charge on any atom is 0.0724 e. The zero-order valence-corrected chi connectivity index (χ0v) is 8.94. The third-order valence-electron chi connectivity index (χ3n) is 2.56. The summed E-state index contributed by atoms with van der Waals surface area (Å²) in [4.78, 5) is 0. The Balaban J connectivity index is 2.31. The first-order valence-corrected chi connectivity index (χ1v) is 5.21. The van der Waals surface area contributed by atoms with E-state index in [-0.39, 0.29) is 0 Å². The van der Waals surface area contributed by atoms with Crippen molar-refractivity contribution in [3.8, 4) is 0 Å². The maximum absolute atomic E-state index is 5.69. The zero-order chi connectivity index (χ0) is 9.68. The van der Waals surface area contributed by atoms with E-state index in [1.165, 1.54) is 19.3 Å². The predicted molar refractivity (Wildman–Crippen MR) is 56.0 cm³/mol. The molecule has 1 fully saturated rings.